The van der Waals surface area contributed by atoms with Gasteiger partial charge in [0.1, 0.15) is 0 Å². The van der Waals surface area contributed by atoms with E-state index in [0.29, 0.717) is 12.5 Å². The third-order valence-corrected chi connectivity index (χ3v) is 2.02. The Morgan fingerprint density at radius 2 is 2.00 bits per heavy atom. The van der Waals surface area contributed by atoms with Crippen LogP contribution in [0.2, 0.25) is 0 Å². The number of nitrogens with one attached hydrogen (secondary N) is 1. The van der Waals surface area contributed by atoms with E-state index in [1.807, 2.05) is 13.8 Å². The minimum Gasteiger partial charge on any atom is -0.463 e. The fourth-order valence-electron chi connectivity index (χ4n) is 0.990. The summed E-state index contributed by atoms with van der Waals surface area (Å²) in [5, 5.41) is 3.26. The van der Waals surface area contributed by atoms with Crippen molar-refractivity contribution in [3.8, 4) is 0 Å². The molecule has 0 heterocycles. The lowest BCUT2D eigenvalue weighted by Gasteiger charge is -2.11. The highest BCUT2D eigenvalue weighted by Crippen LogP contribution is 2.00. The molecule has 1 N–H and O–H groups in total. The molecule has 0 aromatic heterocycles. The summed E-state index contributed by atoms with van der Waals surface area (Å²) < 4.78 is 5.14. The standard InChI is InChI=1S/C11H23NO2/c1-5-10(4)14-11(13)7-6-8-12-9(2)3/h9-10,12H,5-8H2,1-4H3. The Kier molecular flexibility index (Phi) is 7.48. The normalized spacial score (nSPS) is 12.9. The number of hydrogen-bond donors (Lipinski definition) is 1. The lowest BCUT2D eigenvalue weighted by molar-refractivity contribution is -0.148. The minimum absolute atomic E-state index is 0.0561. The van der Waals surface area contributed by atoms with Crippen molar-refractivity contribution < 1.29 is 9.53 Å². The molecule has 0 aliphatic carbocycles. The van der Waals surface area contributed by atoms with Crippen molar-refractivity contribution in [2.45, 2.75) is 59.1 Å². The Morgan fingerprint density at radius 1 is 1.36 bits per heavy atom. The zero-order valence-corrected chi connectivity index (χ0v) is 9.80. The van der Waals surface area contributed by atoms with E-state index in [2.05, 4.69) is 19.2 Å². The lowest BCUT2D eigenvalue weighted by atomic mass is 10.3. The van der Waals surface area contributed by atoms with Gasteiger partial charge in [0, 0.05) is 12.5 Å². The van der Waals surface area contributed by atoms with Crippen LogP contribution in [0.25, 0.3) is 0 Å². The predicted molar refractivity (Wildman–Crippen MR) is 58.2 cm³/mol. The summed E-state index contributed by atoms with van der Waals surface area (Å²) in [7, 11) is 0. The van der Waals surface area contributed by atoms with Gasteiger partial charge in [-0.25, -0.2) is 0 Å². The fraction of sp³-hybridized carbons (Fsp3) is 0.909. The van der Waals surface area contributed by atoms with Crippen LogP contribution in [0, 0.1) is 0 Å². The van der Waals surface area contributed by atoms with E-state index in [4.69, 9.17) is 4.74 Å². The van der Waals surface area contributed by atoms with Crippen molar-refractivity contribution in [1.29, 1.82) is 0 Å². The minimum atomic E-state index is -0.0788. The highest BCUT2D eigenvalue weighted by atomic mass is 16.5. The molecule has 0 spiro atoms. The molecule has 1 atom stereocenters. The molecule has 1 unspecified atom stereocenters. The van der Waals surface area contributed by atoms with E-state index in [9.17, 15) is 4.79 Å². The molecule has 0 bridgehead atoms. The highest BCUT2D eigenvalue weighted by molar-refractivity contribution is 5.69. The summed E-state index contributed by atoms with van der Waals surface area (Å²) in [6.07, 6.45) is 2.31. The third kappa shape index (κ3) is 8.05. The van der Waals surface area contributed by atoms with E-state index < -0.39 is 0 Å². The van der Waals surface area contributed by atoms with Crippen molar-refractivity contribution in [3.63, 3.8) is 0 Å². The summed E-state index contributed by atoms with van der Waals surface area (Å²) >= 11 is 0. The molecule has 0 aliphatic heterocycles. The van der Waals surface area contributed by atoms with Gasteiger partial charge in [0.15, 0.2) is 0 Å². The number of carbonyl (C=O) groups excluding carboxylic acids is 1. The number of esters is 1. The lowest BCUT2D eigenvalue weighted by Crippen LogP contribution is -2.24. The largest absolute Gasteiger partial charge is 0.463 e. The highest BCUT2D eigenvalue weighted by Gasteiger charge is 2.06. The van der Waals surface area contributed by atoms with Gasteiger partial charge in [0.2, 0.25) is 0 Å². The molecular formula is C11H23NO2. The Bertz CT molecular complexity index is 157. The fourth-order valence-corrected chi connectivity index (χ4v) is 0.990. The van der Waals surface area contributed by atoms with Gasteiger partial charge in [-0.3, -0.25) is 4.79 Å². The molecule has 14 heavy (non-hydrogen) atoms. The van der Waals surface area contributed by atoms with E-state index in [1.54, 1.807) is 0 Å². The van der Waals surface area contributed by atoms with Crippen LogP contribution in [0.5, 0.6) is 0 Å². The Hall–Kier alpha value is -0.570. The Labute approximate surface area is 87.2 Å². The Morgan fingerprint density at radius 3 is 2.50 bits per heavy atom. The molecule has 0 rings (SSSR count). The number of rotatable bonds is 7. The quantitative estimate of drug-likeness (QED) is 0.506. The zero-order valence-electron chi connectivity index (χ0n) is 9.80. The van der Waals surface area contributed by atoms with Gasteiger partial charge >= 0.3 is 5.97 Å². The van der Waals surface area contributed by atoms with E-state index >= 15 is 0 Å². The molecule has 3 heteroatoms. The van der Waals surface area contributed by atoms with Crippen molar-refractivity contribution >= 4 is 5.97 Å². The molecule has 0 saturated carbocycles. The van der Waals surface area contributed by atoms with Crippen LogP contribution < -0.4 is 5.32 Å². The van der Waals surface area contributed by atoms with Crippen molar-refractivity contribution in [1.82, 2.24) is 5.32 Å². The van der Waals surface area contributed by atoms with Crippen molar-refractivity contribution in [2.24, 2.45) is 0 Å². The maximum atomic E-state index is 11.2. The second kappa shape index (κ2) is 7.80. The number of hydrogen-bond acceptors (Lipinski definition) is 3. The Balaban J connectivity index is 3.36. The molecule has 0 aromatic carbocycles. The first-order chi connectivity index (χ1) is 6.56. The molecular weight excluding hydrogens is 178 g/mol. The average molecular weight is 201 g/mol. The summed E-state index contributed by atoms with van der Waals surface area (Å²) in [5.74, 6) is -0.0788. The first kappa shape index (κ1) is 13.4. The van der Waals surface area contributed by atoms with Crippen LogP contribution in [-0.4, -0.2) is 24.7 Å². The molecule has 84 valence electrons. The third-order valence-electron chi connectivity index (χ3n) is 2.02. The van der Waals surface area contributed by atoms with Crippen LogP contribution in [0.15, 0.2) is 0 Å². The van der Waals surface area contributed by atoms with Crippen LogP contribution >= 0.6 is 0 Å². The van der Waals surface area contributed by atoms with Crippen LogP contribution in [0.4, 0.5) is 0 Å². The topological polar surface area (TPSA) is 38.3 Å². The first-order valence-corrected chi connectivity index (χ1v) is 5.49. The van der Waals surface area contributed by atoms with Crippen LogP contribution in [0.1, 0.15) is 47.0 Å². The van der Waals surface area contributed by atoms with Gasteiger partial charge in [-0.2, -0.15) is 0 Å². The van der Waals surface area contributed by atoms with Crippen molar-refractivity contribution in [2.75, 3.05) is 6.54 Å². The summed E-state index contributed by atoms with van der Waals surface area (Å²) in [6.45, 7) is 9.00. The number of carbonyl (C=O) groups is 1. The summed E-state index contributed by atoms with van der Waals surface area (Å²) in [4.78, 5) is 11.2. The SMILES string of the molecule is CCC(C)OC(=O)CCCNC(C)C. The van der Waals surface area contributed by atoms with Gasteiger partial charge in [-0.05, 0) is 26.3 Å². The molecule has 0 amide bonds. The van der Waals surface area contributed by atoms with E-state index in [-0.39, 0.29) is 12.1 Å². The smallest absolute Gasteiger partial charge is 0.306 e. The maximum absolute atomic E-state index is 11.2. The summed E-state index contributed by atoms with van der Waals surface area (Å²) in [5.41, 5.74) is 0. The molecule has 0 saturated heterocycles. The second-order valence-corrected chi connectivity index (χ2v) is 3.92. The van der Waals surface area contributed by atoms with Gasteiger partial charge in [0.05, 0.1) is 6.10 Å². The molecule has 0 aliphatic rings. The van der Waals surface area contributed by atoms with Gasteiger partial charge in [-0.1, -0.05) is 20.8 Å². The van der Waals surface area contributed by atoms with E-state index in [0.717, 1.165) is 19.4 Å². The maximum Gasteiger partial charge on any atom is 0.306 e. The molecule has 0 aromatic rings. The van der Waals surface area contributed by atoms with Crippen molar-refractivity contribution in [3.05, 3.63) is 0 Å². The molecule has 3 nitrogen and oxygen atoms in total. The average Bonchev–Trinajstić information content (AvgIpc) is 2.12. The molecule has 0 fully saturated rings. The van der Waals surface area contributed by atoms with Gasteiger partial charge < -0.3 is 10.1 Å². The van der Waals surface area contributed by atoms with E-state index in [1.165, 1.54) is 0 Å². The predicted octanol–water partition coefficient (Wildman–Crippen LogP) is 2.11. The zero-order chi connectivity index (χ0) is 11.0. The monoisotopic (exact) mass is 201 g/mol. The van der Waals surface area contributed by atoms with Gasteiger partial charge in [-0.15, -0.1) is 0 Å². The first-order valence-electron chi connectivity index (χ1n) is 5.49. The summed E-state index contributed by atoms with van der Waals surface area (Å²) in [6, 6.07) is 0.487. The van der Waals surface area contributed by atoms with Gasteiger partial charge in [0.25, 0.3) is 0 Å². The second-order valence-electron chi connectivity index (χ2n) is 3.92. The molecule has 0 radical (unpaired) electrons. The van der Waals surface area contributed by atoms with Crippen LogP contribution in [0.3, 0.4) is 0 Å². The number of ether oxygens (including phenoxy) is 1. The van der Waals surface area contributed by atoms with Crippen LogP contribution in [-0.2, 0) is 9.53 Å².